The zero-order valence-corrected chi connectivity index (χ0v) is 18.9. The van der Waals surface area contributed by atoms with E-state index in [2.05, 4.69) is 27.7 Å². The summed E-state index contributed by atoms with van der Waals surface area (Å²) >= 11 is 0. The SMILES string of the molecule is CC(C)CCCCC1CCC2C3CC(F)C4CC(O)CCC4(C)C3CCC12C. The molecule has 0 aromatic carbocycles. The molecule has 0 aromatic heterocycles. The number of halogens is 1. The fraction of sp³-hybridized carbons (Fsp3) is 1.00. The fourth-order valence-corrected chi connectivity index (χ4v) is 8.75. The highest BCUT2D eigenvalue weighted by atomic mass is 19.1. The molecule has 0 bridgehead atoms. The van der Waals surface area contributed by atoms with Gasteiger partial charge in [0.25, 0.3) is 0 Å². The van der Waals surface area contributed by atoms with Crippen molar-refractivity contribution in [3.8, 4) is 0 Å². The summed E-state index contributed by atoms with van der Waals surface area (Å²) in [4.78, 5) is 0. The van der Waals surface area contributed by atoms with Crippen molar-refractivity contribution in [2.45, 2.75) is 117 Å². The van der Waals surface area contributed by atoms with E-state index in [9.17, 15) is 5.11 Å². The van der Waals surface area contributed by atoms with Gasteiger partial charge in [-0.05, 0) is 104 Å². The van der Waals surface area contributed by atoms with Crippen molar-refractivity contribution >= 4 is 0 Å². The Bertz CT molecular complexity index is 547. The average molecular weight is 393 g/mol. The van der Waals surface area contributed by atoms with Crippen molar-refractivity contribution in [3.63, 3.8) is 0 Å². The van der Waals surface area contributed by atoms with Gasteiger partial charge in [0.1, 0.15) is 6.17 Å². The standard InChI is InChI=1S/C26H45FO/c1-17(2)7-5-6-8-18-9-10-21-20-16-24(27)23-15-19(28)11-13-26(23,4)22(20)12-14-25(18,21)3/h17-24,28H,5-16H2,1-4H3. The average Bonchev–Trinajstić information content (AvgIpc) is 2.97. The number of rotatable bonds is 5. The molecular formula is C26H45FO. The quantitative estimate of drug-likeness (QED) is 0.492. The molecule has 0 aliphatic heterocycles. The highest BCUT2D eigenvalue weighted by Gasteiger charge is 2.62. The van der Waals surface area contributed by atoms with Crippen molar-refractivity contribution in [1.82, 2.24) is 0 Å². The second kappa shape index (κ2) is 7.86. The van der Waals surface area contributed by atoms with E-state index in [1.54, 1.807) is 0 Å². The molecule has 4 rings (SSSR count). The summed E-state index contributed by atoms with van der Waals surface area (Å²) in [6.45, 7) is 9.65. The molecule has 28 heavy (non-hydrogen) atoms. The lowest BCUT2D eigenvalue weighted by Gasteiger charge is -2.61. The van der Waals surface area contributed by atoms with Crippen LogP contribution in [0.15, 0.2) is 0 Å². The van der Waals surface area contributed by atoms with Gasteiger partial charge in [-0.15, -0.1) is 0 Å². The predicted octanol–water partition coefficient (Wildman–Crippen LogP) is 7.17. The summed E-state index contributed by atoms with van der Waals surface area (Å²) in [7, 11) is 0. The van der Waals surface area contributed by atoms with Crippen molar-refractivity contribution < 1.29 is 9.50 Å². The van der Waals surface area contributed by atoms with E-state index in [1.165, 1.54) is 51.4 Å². The second-order valence-electron chi connectivity index (χ2n) is 12.2. The Labute approximate surface area is 173 Å². The zero-order valence-electron chi connectivity index (χ0n) is 18.9. The molecule has 0 heterocycles. The summed E-state index contributed by atoms with van der Waals surface area (Å²) in [5.74, 6) is 3.87. The third-order valence-electron chi connectivity index (χ3n) is 10.4. The highest BCUT2D eigenvalue weighted by Crippen LogP contribution is 2.68. The van der Waals surface area contributed by atoms with Crippen molar-refractivity contribution in [2.75, 3.05) is 0 Å². The molecule has 0 amide bonds. The molecule has 0 spiro atoms. The number of aliphatic hydroxyl groups excluding tert-OH is 1. The molecule has 0 saturated heterocycles. The molecule has 0 aromatic rings. The maximum Gasteiger partial charge on any atom is 0.104 e. The Morgan fingerprint density at radius 2 is 1.61 bits per heavy atom. The van der Waals surface area contributed by atoms with Crippen LogP contribution in [0.4, 0.5) is 4.39 Å². The molecule has 162 valence electrons. The van der Waals surface area contributed by atoms with Gasteiger partial charge >= 0.3 is 0 Å². The van der Waals surface area contributed by atoms with Gasteiger partial charge in [0.05, 0.1) is 6.10 Å². The van der Waals surface area contributed by atoms with Gasteiger partial charge in [0, 0.05) is 0 Å². The van der Waals surface area contributed by atoms with E-state index in [-0.39, 0.29) is 17.4 Å². The van der Waals surface area contributed by atoms with E-state index in [0.29, 0.717) is 23.7 Å². The van der Waals surface area contributed by atoms with Crippen molar-refractivity contribution in [3.05, 3.63) is 0 Å². The summed E-state index contributed by atoms with van der Waals surface area (Å²) in [5.41, 5.74) is 0.605. The van der Waals surface area contributed by atoms with E-state index in [0.717, 1.165) is 37.0 Å². The zero-order chi connectivity index (χ0) is 20.1. The van der Waals surface area contributed by atoms with Gasteiger partial charge in [-0.25, -0.2) is 4.39 Å². The highest BCUT2D eigenvalue weighted by molar-refractivity contribution is 5.11. The molecule has 4 aliphatic rings. The third kappa shape index (κ3) is 3.48. The van der Waals surface area contributed by atoms with Crippen LogP contribution in [0, 0.1) is 46.3 Å². The van der Waals surface area contributed by atoms with Crippen LogP contribution < -0.4 is 0 Å². The van der Waals surface area contributed by atoms with Crippen LogP contribution in [0.25, 0.3) is 0 Å². The van der Waals surface area contributed by atoms with Gasteiger partial charge in [-0.3, -0.25) is 0 Å². The van der Waals surface area contributed by atoms with E-state index < -0.39 is 6.17 Å². The van der Waals surface area contributed by atoms with Gasteiger partial charge < -0.3 is 5.11 Å². The minimum absolute atomic E-state index is 0.107. The van der Waals surface area contributed by atoms with Gasteiger partial charge in [0.2, 0.25) is 0 Å². The second-order valence-corrected chi connectivity index (χ2v) is 12.2. The first kappa shape index (κ1) is 21.1. The van der Waals surface area contributed by atoms with Gasteiger partial charge in [-0.1, -0.05) is 47.0 Å². The molecule has 4 aliphatic carbocycles. The minimum atomic E-state index is -0.686. The van der Waals surface area contributed by atoms with Crippen LogP contribution in [0.5, 0.6) is 0 Å². The Kier molecular flexibility index (Phi) is 5.93. The van der Waals surface area contributed by atoms with Crippen LogP contribution in [-0.2, 0) is 0 Å². The molecule has 1 nitrogen and oxygen atoms in total. The fourth-order valence-electron chi connectivity index (χ4n) is 8.75. The summed E-state index contributed by atoms with van der Waals surface area (Å²) in [6, 6.07) is 0. The van der Waals surface area contributed by atoms with Crippen LogP contribution in [0.1, 0.15) is 105 Å². The molecule has 1 N–H and O–H groups in total. The lowest BCUT2D eigenvalue weighted by atomic mass is 9.44. The lowest BCUT2D eigenvalue weighted by Crippen LogP contribution is -2.57. The molecule has 2 heteroatoms. The largest absolute Gasteiger partial charge is 0.393 e. The molecule has 9 unspecified atom stereocenters. The van der Waals surface area contributed by atoms with Crippen LogP contribution in [-0.4, -0.2) is 17.4 Å². The predicted molar refractivity (Wildman–Crippen MR) is 115 cm³/mol. The topological polar surface area (TPSA) is 20.2 Å². The molecule has 0 radical (unpaired) electrons. The number of unbranched alkanes of at least 4 members (excludes halogenated alkanes) is 1. The molecular weight excluding hydrogens is 347 g/mol. The Morgan fingerprint density at radius 3 is 2.36 bits per heavy atom. The number of alkyl halides is 1. The number of aliphatic hydroxyl groups is 1. The molecule has 9 atom stereocenters. The summed E-state index contributed by atoms with van der Waals surface area (Å²) < 4.78 is 15.4. The van der Waals surface area contributed by atoms with Gasteiger partial charge in [0.15, 0.2) is 0 Å². The smallest absolute Gasteiger partial charge is 0.104 e. The first-order valence-corrected chi connectivity index (χ1v) is 12.6. The first-order chi connectivity index (χ1) is 13.3. The van der Waals surface area contributed by atoms with Crippen LogP contribution in [0.2, 0.25) is 0 Å². The molecule has 4 saturated carbocycles. The Hall–Kier alpha value is -0.110. The van der Waals surface area contributed by atoms with Crippen LogP contribution >= 0.6 is 0 Å². The van der Waals surface area contributed by atoms with E-state index >= 15 is 4.39 Å². The number of hydrogen-bond donors (Lipinski definition) is 1. The van der Waals surface area contributed by atoms with Crippen molar-refractivity contribution in [1.29, 1.82) is 0 Å². The Morgan fingerprint density at radius 1 is 0.893 bits per heavy atom. The normalized spacial score (nSPS) is 50.9. The summed E-state index contributed by atoms with van der Waals surface area (Å²) in [6.07, 6.45) is 13.5. The molecule has 4 fully saturated rings. The van der Waals surface area contributed by atoms with Gasteiger partial charge in [-0.2, -0.15) is 0 Å². The maximum atomic E-state index is 15.4. The van der Waals surface area contributed by atoms with E-state index in [4.69, 9.17) is 0 Å². The maximum absolute atomic E-state index is 15.4. The van der Waals surface area contributed by atoms with E-state index in [1.807, 2.05) is 0 Å². The Balaban J connectivity index is 1.46. The third-order valence-corrected chi connectivity index (χ3v) is 10.4. The summed E-state index contributed by atoms with van der Waals surface area (Å²) in [5, 5.41) is 10.2. The van der Waals surface area contributed by atoms with Crippen LogP contribution in [0.3, 0.4) is 0 Å². The lowest BCUT2D eigenvalue weighted by molar-refractivity contribution is -0.154. The number of fused-ring (bicyclic) bond motifs is 5. The van der Waals surface area contributed by atoms with Crippen molar-refractivity contribution in [2.24, 2.45) is 46.3 Å². The monoisotopic (exact) mass is 392 g/mol. The number of hydrogen-bond acceptors (Lipinski definition) is 1. The first-order valence-electron chi connectivity index (χ1n) is 12.6. The minimum Gasteiger partial charge on any atom is -0.393 e.